The first-order valence-electron chi connectivity index (χ1n) is 2.20. The third-order valence-electron chi connectivity index (χ3n) is 1.17. The van der Waals surface area contributed by atoms with Crippen molar-refractivity contribution < 1.29 is 4.74 Å². The van der Waals surface area contributed by atoms with E-state index in [1.807, 2.05) is 0 Å². The number of hydrogen-bond acceptors (Lipinski definition) is 1. The van der Waals surface area contributed by atoms with Gasteiger partial charge >= 0.3 is 0 Å². The van der Waals surface area contributed by atoms with E-state index in [2.05, 4.69) is 13.8 Å². The van der Waals surface area contributed by atoms with E-state index in [1.54, 1.807) is 0 Å². The Hall–Kier alpha value is -0.0400. The summed E-state index contributed by atoms with van der Waals surface area (Å²) in [6.07, 6.45) is 0.910. The van der Waals surface area contributed by atoms with Crippen LogP contribution >= 0.6 is 0 Å². The van der Waals surface area contributed by atoms with Gasteiger partial charge in [0.05, 0.1) is 12.2 Å². The summed E-state index contributed by atoms with van der Waals surface area (Å²) in [5.41, 5.74) is 0.181. The van der Waals surface area contributed by atoms with Gasteiger partial charge in [0.1, 0.15) is 0 Å². The predicted molar refractivity (Wildman–Crippen MR) is 24.3 cm³/mol. The predicted octanol–water partition coefficient (Wildman–Crippen LogP) is 0.999. The van der Waals surface area contributed by atoms with Gasteiger partial charge in [0, 0.05) is 0 Å². The van der Waals surface area contributed by atoms with E-state index < -0.39 is 0 Å². The van der Waals surface area contributed by atoms with Gasteiger partial charge in [-0.1, -0.05) is 6.92 Å². The minimum Gasteiger partial charge on any atom is -0.370 e. The Labute approximate surface area is 38.3 Å². The van der Waals surface area contributed by atoms with Gasteiger partial charge < -0.3 is 4.74 Å². The molecule has 0 aromatic carbocycles. The molecule has 1 heterocycles. The number of hydrogen-bond donors (Lipinski definition) is 0. The average molecular weight is 85.1 g/mol. The van der Waals surface area contributed by atoms with Crippen molar-refractivity contribution in [1.29, 1.82) is 0 Å². The summed E-state index contributed by atoms with van der Waals surface area (Å²) in [6.45, 7) is 6.68. The molecule has 1 unspecified atom stereocenters. The van der Waals surface area contributed by atoms with Crippen molar-refractivity contribution in [3.8, 4) is 0 Å². The maximum Gasteiger partial charge on any atom is 0.0888 e. The molecule has 6 heavy (non-hydrogen) atoms. The zero-order valence-corrected chi connectivity index (χ0v) is 4.03. The summed E-state index contributed by atoms with van der Waals surface area (Å²) in [4.78, 5) is 0. The fourth-order valence-corrected chi connectivity index (χ4v) is 0.268. The van der Waals surface area contributed by atoms with Gasteiger partial charge in [-0.3, -0.25) is 0 Å². The summed E-state index contributed by atoms with van der Waals surface area (Å²) in [7, 11) is 0. The number of ether oxygens (including phenoxy) is 1. The van der Waals surface area contributed by atoms with Crippen molar-refractivity contribution in [2.24, 2.45) is 0 Å². The first-order valence-corrected chi connectivity index (χ1v) is 2.20. The molecule has 0 bridgehead atoms. The normalized spacial score (nSPS) is 43.0. The third-order valence-corrected chi connectivity index (χ3v) is 1.17. The smallest absolute Gasteiger partial charge is 0.0888 e. The Kier molecular flexibility index (Phi) is 0.667. The molecule has 35 valence electrons. The monoisotopic (exact) mass is 85.1 g/mol. The lowest BCUT2D eigenvalue weighted by Crippen LogP contribution is -1.98. The van der Waals surface area contributed by atoms with Crippen LogP contribution in [0.5, 0.6) is 0 Å². The third kappa shape index (κ3) is 0.548. The van der Waals surface area contributed by atoms with E-state index >= 15 is 0 Å². The second-order valence-corrected chi connectivity index (χ2v) is 1.99. The maximum absolute atomic E-state index is 4.98. The number of epoxide rings is 1. The molecule has 0 amide bonds. The standard InChI is InChI=1S/C5H9O/c1-3-5(2)4-6-5/h1,3-4H2,2H3. The maximum atomic E-state index is 4.98. The molecular weight excluding hydrogens is 76.1 g/mol. The fraction of sp³-hybridized carbons (Fsp3) is 0.800. The van der Waals surface area contributed by atoms with Crippen LogP contribution in [0.4, 0.5) is 0 Å². The Bertz CT molecular complexity index is 55.0. The molecule has 0 aliphatic carbocycles. The SMILES string of the molecule is [CH2]CC1(C)CO1. The second kappa shape index (κ2) is 0.969. The van der Waals surface area contributed by atoms with Gasteiger partial charge in [-0.15, -0.1) is 0 Å². The molecule has 1 saturated heterocycles. The van der Waals surface area contributed by atoms with Crippen LogP contribution in [0, 0.1) is 6.92 Å². The molecular formula is C5H9O. The Morgan fingerprint density at radius 1 is 2.00 bits per heavy atom. The lowest BCUT2D eigenvalue weighted by atomic mass is 10.1. The van der Waals surface area contributed by atoms with Crippen molar-refractivity contribution in [2.45, 2.75) is 18.9 Å². The molecule has 0 spiro atoms. The molecule has 1 heteroatoms. The summed E-state index contributed by atoms with van der Waals surface area (Å²) < 4.78 is 4.98. The highest BCUT2D eigenvalue weighted by molar-refractivity contribution is 4.86. The van der Waals surface area contributed by atoms with E-state index in [0.29, 0.717) is 0 Å². The molecule has 0 N–H and O–H groups in total. The number of rotatable bonds is 1. The van der Waals surface area contributed by atoms with E-state index in [1.165, 1.54) is 0 Å². The van der Waals surface area contributed by atoms with Crippen molar-refractivity contribution in [3.63, 3.8) is 0 Å². The van der Waals surface area contributed by atoms with Crippen LogP contribution in [0.1, 0.15) is 13.3 Å². The van der Waals surface area contributed by atoms with Gasteiger partial charge in [-0.05, 0) is 13.3 Å². The van der Waals surface area contributed by atoms with Crippen LogP contribution in [0.15, 0.2) is 0 Å². The van der Waals surface area contributed by atoms with Crippen LogP contribution in [0.2, 0.25) is 0 Å². The first kappa shape index (κ1) is 4.13. The van der Waals surface area contributed by atoms with Crippen molar-refractivity contribution in [1.82, 2.24) is 0 Å². The molecule has 0 aromatic heterocycles. The molecule has 1 aliphatic rings. The second-order valence-electron chi connectivity index (χ2n) is 1.99. The van der Waals surface area contributed by atoms with Gasteiger partial charge in [-0.25, -0.2) is 0 Å². The fourth-order valence-electron chi connectivity index (χ4n) is 0.268. The first-order chi connectivity index (χ1) is 2.77. The molecule has 1 fully saturated rings. The molecule has 0 aromatic rings. The topological polar surface area (TPSA) is 12.5 Å². The summed E-state index contributed by atoms with van der Waals surface area (Å²) >= 11 is 0. The van der Waals surface area contributed by atoms with Gasteiger partial charge in [-0.2, -0.15) is 0 Å². The summed E-state index contributed by atoms with van der Waals surface area (Å²) in [5.74, 6) is 0. The van der Waals surface area contributed by atoms with E-state index in [9.17, 15) is 0 Å². The minimum absolute atomic E-state index is 0.181. The van der Waals surface area contributed by atoms with Gasteiger partial charge in [0.25, 0.3) is 0 Å². The lowest BCUT2D eigenvalue weighted by Gasteiger charge is -1.92. The van der Waals surface area contributed by atoms with E-state index in [-0.39, 0.29) is 5.60 Å². The van der Waals surface area contributed by atoms with Crippen LogP contribution in [-0.2, 0) is 4.74 Å². The lowest BCUT2D eigenvalue weighted by molar-refractivity contribution is 0.325. The summed E-state index contributed by atoms with van der Waals surface area (Å²) in [5, 5.41) is 0. The molecule has 1 atom stereocenters. The quantitative estimate of drug-likeness (QED) is 0.433. The van der Waals surface area contributed by atoms with Crippen molar-refractivity contribution in [2.75, 3.05) is 6.61 Å². The summed E-state index contributed by atoms with van der Waals surface area (Å²) in [6, 6.07) is 0. The Morgan fingerprint density at radius 2 is 2.50 bits per heavy atom. The highest BCUT2D eigenvalue weighted by Gasteiger charge is 2.36. The highest BCUT2D eigenvalue weighted by atomic mass is 16.6. The van der Waals surface area contributed by atoms with Crippen molar-refractivity contribution >= 4 is 0 Å². The largest absolute Gasteiger partial charge is 0.370 e. The molecule has 1 aliphatic heterocycles. The van der Waals surface area contributed by atoms with Crippen LogP contribution < -0.4 is 0 Å². The molecule has 1 rings (SSSR count). The van der Waals surface area contributed by atoms with E-state index in [4.69, 9.17) is 4.74 Å². The zero-order valence-electron chi connectivity index (χ0n) is 4.03. The Morgan fingerprint density at radius 3 is 2.50 bits per heavy atom. The van der Waals surface area contributed by atoms with Gasteiger partial charge in [0.15, 0.2) is 0 Å². The minimum atomic E-state index is 0.181. The van der Waals surface area contributed by atoms with E-state index in [0.717, 1.165) is 13.0 Å². The molecule has 1 radical (unpaired) electrons. The van der Waals surface area contributed by atoms with Crippen molar-refractivity contribution in [3.05, 3.63) is 6.92 Å². The van der Waals surface area contributed by atoms with Crippen LogP contribution in [0.25, 0.3) is 0 Å². The Balaban J connectivity index is 2.28. The molecule has 0 saturated carbocycles. The van der Waals surface area contributed by atoms with Crippen LogP contribution in [0.3, 0.4) is 0 Å². The zero-order chi connectivity index (χ0) is 4.62. The average Bonchev–Trinajstić information content (AvgIpc) is 2.22. The van der Waals surface area contributed by atoms with Crippen LogP contribution in [-0.4, -0.2) is 12.2 Å². The van der Waals surface area contributed by atoms with Gasteiger partial charge in [0.2, 0.25) is 0 Å². The highest BCUT2D eigenvalue weighted by Crippen LogP contribution is 2.28. The molecule has 1 nitrogen and oxygen atoms in total.